The molecule has 33 heavy (non-hydrogen) atoms. The molecule has 1 heterocycles. The van der Waals surface area contributed by atoms with Crippen LogP contribution in [-0.2, 0) is 17.9 Å². The van der Waals surface area contributed by atoms with Gasteiger partial charge in [0.05, 0.1) is 12.3 Å². The Morgan fingerprint density at radius 2 is 1.73 bits per heavy atom. The van der Waals surface area contributed by atoms with Crippen LogP contribution >= 0.6 is 11.8 Å². The maximum absolute atomic E-state index is 12.5. The highest BCUT2D eigenvalue weighted by molar-refractivity contribution is 7.99. The molecular formula is C26H26N4O2S. The Labute approximate surface area is 198 Å². The average molecular weight is 459 g/mol. The molecule has 0 aliphatic rings. The van der Waals surface area contributed by atoms with Gasteiger partial charge in [0.2, 0.25) is 5.91 Å². The Bertz CT molecular complexity index is 1210. The van der Waals surface area contributed by atoms with Gasteiger partial charge in [-0.3, -0.25) is 9.36 Å². The Kier molecular flexibility index (Phi) is 7.42. The van der Waals surface area contributed by atoms with Gasteiger partial charge in [-0.25, -0.2) is 0 Å². The lowest BCUT2D eigenvalue weighted by Crippen LogP contribution is -2.15. The van der Waals surface area contributed by atoms with Gasteiger partial charge in [0, 0.05) is 5.69 Å². The van der Waals surface area contributed by atoms with E-state index < -0.39 is 0 Å². The van der Waals surface area contributed by atoms with Gasteiger partial charge >= 0.3 is 0 Å². The van der Waals surface area contributed by atoms with E-state index in [1.165, 1.54) is 11.8 Å². The van der Waals surface area contributed by atoms with E-state index in [2.05, 4.69) is 27.6 Å². The normalized spacial score (nSPS) is 10.7. The second-order valence-corrected chi connectivity index (χ2v) is 8.72. The molecular weight excluding hydrogens is 432 g/mol. The quantitative estimate of drug-likeness (QED) is 0.347. The molecule has 168 valence electrons. The van der Waals surface area contributed by atoms with Crippen molar-refractivity contribution >= 4 is 23.4 Å². The lowest BCUT2D eigenvalue weighted by molar-refractivity contribution is -0.113. The van der Waals surface area contributed by atoms with Crippen LogP contribution in [0.2, 0.25) is 0 Å². The summed E-state index contributed by atoms with van der Waals surface area (Å²) in [7, 11) is 0. The molecule has 0 fully saturated rings. The van der Waals surface area contributed by atoms with Crippen LogP contribution in [0.25, 0.3) is 0 Å². The van der Waals surface area contributed by atoms with E-state index in [1.807, 2.05) is 85.1 Å². The third-order valence-electron chi connectivity index (χ3n) is 5.00. The zero-order valence-electron chi connectivity index (χ0n) is 18.7. The molecule has 4 rings (SSSR count). The largest absolute Gasteiger partial charge is 0.486 e. The summed E-state index contributed by atoms with van der Waals surface area (Å²) in [5, 5.41) is 12.3. The van der Waals surface area contributed by atoms with Crippen LogP contribution in [0, 0.1) is 13.8 Å². The van der Waals surface area contributed by atoms with Crippen molar-refractivity contribution in [2.24, 2.45) is 0 Å². The molecule has 0 radical (unpaired) electrons. The summed E-state index contributed by atoms with van der Waals surface area (Å²) in [4.78, 5) is 12.5. The number of ether oxygens (including phenoxy) is 1. The van der Waals surface area contributed by atoms with E-state index in [9.17, 15) is 4.79 Å². The molecule has 0 saturated carbocycles. The third kappa shape index (κ3) is 6.46. The minimum atomic E-state index is -0.0873. The topological polar surface area (TPSA) is 69.0 Å². The molecule has 0 aliphatic carbocycles. The highest BCUT2D eigenvalue weighted by atomic mass is 32.2. The molecule has 0 unspecified atom stereocenters. The Morgan fingerprint density at radius 3 is 2.48 bits per heavy atom. The van der Waals surface area contributed by atoms with Crippen LogP contribution in [0.15, 0.2) is 84.0 Å². The molecule has 0 saturated heterocycles. The number of thioether (sulfide) groups is 1. The molecule has 0 spiro atoms. The number of aromatic nitrogens is 3. The summed E-state index contributed by atoms with van der Waals surface area (Å²) in [6.07, 6.45) is 0. The highest BCUT2D eigenvalue weighted by Gasteiger charge is 2.15. The van der Waals surface area contributed by atoms with Gasteiger partial charge in [0.25, 0.3) is 0 Å². The first-order valence-electron chi connectivity index (χ1n) is 10.7. The number of aryl methyl sites for hydroxylation is 2. The number of hydrogen-bond donors (Lipinski definition) is 1. The maximum Gasteiger partial charge on any atom is 0.234 e. The number of nitrogens with one attached hydrogen (secondary N) is 1. The van der Waals surface area contributed by atoms with Gasteiger partial charge in [0.15, 0.2) is 11.0 Å². The lowest BCUT2D eigenvalue weighted by Gasteiger charge is -2.12. The van der Waals surface area contributed by atoms with Gasteiger partial charge < -0.3 is 10.1 Å². The van der Waals surface area contributed by atoms with Crippen molar-refractivity contribution in [3.63, 3.8) is 0 Å². The lowest BCUT2D eigenvalue weighted by atomic mass is 10.2. The molecule has 1 aromatic heterocycles. The molecule has 0 bridgehead atoms. The minimum Gasteiger partial charge on any atom is -0.486 e. The fourth-order valence-electron chi connectivity index (χ4n) is 3.27. The Hall–Kier alpha value is -3.58. The van der Waals surface area contributed by atoms with E-state index in [4.69, 9.17) is 4.74 Å². The predicted octanol–water partition coefficient (Wildman–Crippen LogP) is 5.25. The van der Waals surface area contributed by atoms with Gasteiger partial charge in [0.1, 0.15) is 12.4 Å². The number of amides is 1. The molecule has 7 heteroatoms. The number of carbonyl (C=O) groups is 1. The van der Waals surface area contributed by atoms with Crippen molar-refractivity contribution in [1.82, 2.24) is 14.8 Å². The molecule has 1 N–H and O–H groups in total. The zero-order valence-corrected chi connectivity index (χ0v) is 19.5. The van der Waals surface area contributed by atoms with Crippen LogP contribution in [0.5, 0.6) is 5.75 Å². The first kappa shape index (κ1) is 22.6. The molecule has 0 aliphatic heterocycles. The monoisotopic (exact) mass is 458 g/mol. The Morgan fingerprint density at radius 1 is 0.939 bits per heavy atom. The summed E-state index contributed by atoms with van der Waals surface area (Å²) >= 11 is 1.36. The van der Waals surface area contributed by atoms with Crippen LogP contribution in [0.1, 0.15) is 22.5 Å². The predicted molar refractivity (Wildman–Crippen MR) is 132 cm³/mol. The van der Waals surface area contributed by atoms with Crippen molar-refractivity contribution < 1.29 is 9.53 Å². The van der Waals surface area contributed by atoms with Gasteiger partial charge in [-0.1, -0.05) is 71.9 Å². The van der Waals surface area contributed by atoms with E-state index in [0.29, 0.717) is 24.1 Å². The van der Waals surface area contributed by atoms with Gasteiger partial charge in [-0.15, -0.1) is 10.2 Å². The molecule has 0 atom stereocenters. The highest BCUT2D eigenvalue weighted by Crippen LogP contribution is 2.21. The summed E-state index contributed by atoms with van der Waals surface area (Å²) in [5.41, 5.74) is 4.19. The van der Waals surface area contributed by atoms with Crippen molar-refractivity contribution in [2.75, 3.05) is 11.1 Å². The number of benzene rings is 3. The second kappa shape index (κ2) is 10.8. The van der Waals surface area contributed by atoms with Gasteiger partial charge in [-0.05, 0) is 49.2 Å². The number of hydrogen-bond acceptors (Lipinski definition) is 5. The zero-order chi connectivity index (χ0) is 23.0. The van der Waals surface area contributed by atoms with E-state index in [1.54, 1.807) is 0 Å². The van der Waals surface area contributed by atoms with Crippen molar-refractivity contribution in [1.29, 1.82) is 0 Å². The van der Waals surface area contributed by atoms with Crippen LogP contribution in [-0.4, -0.2) is 26.4 Å². The number of carbonyl (C=O) groups excluding carboxylic acids is 1. The number of nitrogens with zero attached hydrogens (tertiary/aromatic N) is 3. The van der Waals surface area contributed by atoms with Crippen molar-refractivity contribution in [3.8, 4) is 5.75 Å². The first-order chi connectivity index (χ1) is 16.1. The molecule has 3 aromatic carbocycles. The van der Waals surface area contributed by atoms with Crippen molar-refractivity contribution in [2.45, 2.75) is 32.2 Å². The van der Waals surface area contributed by atoms with E-state index in [0.717, 1.165) is 28.1 Å². The molecule has 1 amide bonds. The van der Waals surface area contributed by atoms with Crippen LogP contribution in [0.4, 0.5) is 5.69 Å². The SMILES string of the molecule is Cc1ccc(NC(=O)CSc2nnc(COc3cccc(C)c3)n2Cc2ccccc2)cc1. The minimum absolute atomic E-state index is 0.0873. The average Bonchev–Trinajstić information content (AvgIpc) is 3.20. The fourth-order valence-corrected chi connectivity index (χ4v) is 4.03. The standard InChI is InChI=1S/C26H26N4O2S/c1-19-11-13-22(14-12-19)27-25(31)18-33-26-29-28-24(17-32-23-10-6-7-20(2)15-23)30(26)16-21-8-4-3-5-9-21/h3-15H,16-18H2,1-2H3,(H,27,31). The van der Waals surface area contributed by atoms with E-state index in [-0.39, 0.29) is 11.7 Å². The maximum atomic E-state index is 12.5. The molecule has 6 nitrogen and oxygen atoms in total. The third-order valence-corrected chi connectivity index (χ3v) is 5.97. The van der Waals surface area contributed by atoms with Crippen LogP contribution < -0.4 is 10.1 Å². The van der Waals surface area contributed by atoms with Gasteiger partial charge in [-0.2, -0.15) is 0 Å². The Balaban J connectivity index is 1.46. The first-order valence-corrected chi connectivity index (χ1v) is 11.7. The second-order valence-electron chi connectivity index (χ2n) is 7.78. The number of anilines is 1. The van der Waals surface area contributed by atoms with Crippen LogP contribution in [0.3, 0.4) is 0 Å². The fraction of sp³-hybridized carbons (Fsp3) is 0.192. The smallest absolute Gasteiger partial charge is 0.234 e. The summed E-state index contributed by atoms with van der Waals surface area (Å²) in [6.45, 7) is 4.93. The molecule has 4 aromatic rings. The van der Waals surface area contributed by atoms with Crippen molar-refractivity contribution in [3.05, 3.63) is 101 Å². The summed E-state index contributed by atoms with van der Waals surface area (Å²) < 4.78 is 7.98. The summed E-state index contributed by atoms with van der Waals surface area (Å²) in [5.74, 6) is 1.65. The summed E-state index contributed by atoms with van der Waals surface area (Å²) in [6, 6.07) is 25.8. The van der Waals surface area contributed by atoms with E-state index >= 15 is 0 Å². The number of rotatable bonds is 9.